The van der Waals surface area contributed by atoms with Crippen LogP contribution in [0.4, 0.5) is 4.39 Å². The normalized spacial score (nSPS) is 19.4. The van der Waals surface area contributed by atoms with Gasteiger partial charge < -0.3 is 14.1 Å². The van der Waals surface area contributed by atoms with Gasteiger partial charge >= 0.3 is 0 Å². The van der Waals surface area contributed by atoms with Gasteiger partial charge in [-0.25, -0.2) is 4.39 Å². The summed E-state index contributed by atoms with van der Waals surface area (Å²) < 4.78 is 25.3. The summed E-state index contributed by atoms with van der Waals surface area (Å²) in [4.78, 5) is 30.5. The van der Waals surface area contributed by atoms with Crippen molar-refractivity contribution in [3.05, 3.63) is 81.5 Å². The number of carbonyl (C=O) groups excluding carboxylic acids is 1. The number of ether oxygens (including phenoxy) is 1. The molecule has 1 aromatic heterocycles. The lowest BCUT2D eigenvalue weighted by Crippen LogP contribution is -2.42. The molecule has 1 fully saturated rings. The first-order valence-corrected chi connectivity index (χ1v) is 10.1. The van der Waals surface area contributed by atoms with E-state index in [1.54, 1.807) is 41.3 Å². The number of amides is 1. The van der Waals surface area contributed by atoms with Crippen molar-refractivity contribution in [1.29, 1.82) is 0 Å². The predicted molar refractivity (Wildman–Crippen MR) is 109 cm³/mol. The summed E-state index contributed by atoms with van der Waals surface area (Å²) >= 11 is 0. The smallest absolute Gasteiger partial charge is 0.290 e. The number of benzene rings is 2. The maximum absolute atomic E-state index is 14.0. The van der Waals surface area contributed by atoms with Gasteiger partial charge in [-0.2, -0.15) is 0 Å². The Hall–Kier alpha value is -3.03. The van der Waals surface area contributed by atoms with Crippen molar-refractivity contribution in [2.75, 3.05) is 39.4 Å². The Bertz CT molecular complexity index is 1170. The van der Waals surface area contributed by atoms with E-state index < -0.39 is 11.9 Å². The lowest BCUT2D eigenvalue weighted by molar-refractivity contribution is 0.0314. The molecule has 2 aliphatic heterocycles. The molecule has 0 saturated carbocycles. The number of para-hydroxylation sites is 1. The summed E-state index contributed by atoms with van der Waals surface area (Å²) in [5, 5.41) is 0.417. The third-order valence-corrected chi connectivity index (χ3v) is 5.80. The van der Waals surface area contributed by atoms with Crippen molar-refractivity contribution in [3.63, 3.8) is 0 Å². The molecule has 30 heavy (non-hydrogen) atoms. The van der Waals surface area contributed by atoms with Crippen molar-refractivity contribution >= 4 is 16.9 Å². The molecule has 1 saturated heterocycles. The molecule has 0 radical (unpaired) electrons. The highest BCUT2D eigenvalue weighted by atomic mass is 19.1. The van der Waals surface area contributed by atoms with Crippen molar-refractivity contribution in [2.24, 2.45) is 0 Å². The first-order chi connectivity index (χ1) is 14.6. The van der Waals surface area contributed by atoms with Crippen LogP contribution in [0.3, 0.4) is 0 Å². The fraction of sp³-hybridized carbons (Fsp3) is 0.304. The largest absolute Gasteiger partial charge is 0.450 e. The molecule has 1 atom stereocenters. The highest BCUT2D eigenvalue weighted by Crippen LogP contribution is 2.38. The SMILES string of the molecule is O=C1c2oc3ccccc3c(=O)c2C(c2cccc(F)c2)N1CCN1CCOCC1. The van der Waals surface area contributed by atoms with Crippen LogP contribution in [0.25, 0.3) is 11.0 Å². The van der Waals surface area contributed by atoms with Crippen LogP contribution in [0.2, 0.25) is 0 Å². The number of rotatable bonds is 4. The molecule has 0 bridgehead atoms. The molecule has 6 nitrogen and oxygen atoms in total. The average Bonchev–Trinajstić information content (AvgIpc) is 3.05. The minimum Gasteiger partial charge on any atom is -0.450 e. The number of carbonyl (C=O) groups is 1. The average molecular weight is 408 g/mol. The van der Waals surface area contributed by atoms with Crippen LogP contribution in [-0.4, -0.2) is 55.1 Å². The summed E-state index contributed by atoms with van der Waals surface area (Å²) in [7, 11) is 0. The van der Waals surface area contributed by atoms with E-state index in [9.17, 15) is 14.0 Å². The Morgan fingerprint density at radius 2 is 1.80 bits per heavy atom. The van der Waals surface area contributed by atoms with E-state index in [-0.39, 0.29) is 22.7 Å². The van der Waals surface area contributed by atoms with Crippen LogP contribution in [0, 0.1) is 5.82 Å². The van der Waals surface area contributed by atoms with Gasteiger partial charge in [-0.15, -0.1) is 0 Å². The number of fused-ring (bicyclic) bond motifs is 2. The molecule has 1 amide bonds. The quantitative estimate of drug-likeness (QED) is 0.664. The van der Waals surface area contributed by atoms with Crippen molar-refractivity contribution < 1.29 is 18.3 Å². The zero-order valence-electron chi connectivity index (χ0n) is 16.3. The van der Waals surface area contributed by atoms with Crippen LogP contribution >= 0.6 is 0 Å². The monoisotopic (exact) mass is 408 g/mol. The second-order valence-electron chi connectivity index (χ2n) is 7.58. The van der Waals surface area contributed by atoms with E-state index >= 15 is 0 Å². The molecule has 0 aliphatic carbocycles. The van der Waals surface area contributed by atoms with Gasteiger partial charge in [-0.1, -0.05) is 24.3 Å². The first kappa shape index (κ1) is 19.0. The van der Waals surface area contributed by atoms with E-state index in [0.29, 0.717) is 42.8 Å². The molecule has 2 aromatic carbocycles. The second-order valence-corrected chi connectivity index (χ2v) is 7.58. The summed E-state index contributed by atoms with van der Waals surface area (Å²) in [5.74, 6) is -0.697. The van der Waals surface area contributed by atoms with Gasteiger partial charge in [0.1, 0.15) is 11.4 Å². The molecule has 0 N–H and O–H groups in total. The van der Waals surface area contributed by atoms with E-state index in [4.69, 9.17) is 9.15 Å². The number of hydrogen-bond acceptors (Lipinski definition) is 5. The topological polar surface area (TPSA) is 63.0 Å². The molecule has 1 unspecified atom stereocenters. The van der Waals surface area contributed by atoms with Gasteiger partial charge in [0.15, 0.2) is 5.43 Å². The Morgan fingerprint density at radius 3 is 2.60 bits per heavy atom. The van der Waals surface area contributed by atoms with Gasteiger partial charge in [0.25, 0.3) is 5.91 Å². The zero-order chi connectivity index (χ0) is 20.7. The third kappa shape index (κ3) is 3.20. The van der Waals surface area contributed by atoms with Gasteiger partial charge in [0.2, 0.25) is 5.76 Å². The minimum absolute atomic E-state index is 0.0509. The third-order valence-electron chi connectivity index (χ3n) is 5.80. The number of nitrogens with zero attached hydrogens (tertiary/aromatic N) is 2. The molecule has 5 rings (SSSR count). The lowest BCUT2D eigenvalue weighted by Gasteiger charge is -2.31. The van der Waals surface area contributed by atoms with Crippen LogP contribution in [0.5, 0.6) is 0 Å². The first-order valence-electron chi connectivity index (χ1n) is 10.1. The molecule has 154 valence electrons. The molecule has 3 aromatic rings. The lowest BCUT2D eigenvalue weighted by atomic mass is 9.98. The maximum atomic E-state index is 14.0. The number of halogens is 1. The highest BCUT2D eigenvalue weighted by molar-refractivity contribution is 5.99. The minimum atomic E-state index is -0.676. The summed E-state index contributed by atoms with van der Waals surface area (Å²) in [6.07, 6.45) is 0. The zero-order valence-corrected chi connectivity index (χ0v) is 16.3. The Labute approximate surface area is 172 Å². The Balaban J connectivity index is 1.60. The van der Waals surface area contributed by atoms with Crippen LogP contribution in [0.1, 0.15) is 27.7 Å². The standard InChI is InChI=1S/C23H21FN2O4/c24-16-5-3-4-15(14-16)20-19-21(27)17-6-1-2-7-18(17)30-22(19)23(28)26(20)9-8-25-10-12-29-13-11-25/h1-7,14,20H,8-13H2. The summed E-state index contributed by atoms with van der Waals surface area (Å²) in [5.41, 5.74) is 0.976. The van der Waals surface area contributed by atoms with Gasteiger partial charge in [-0.05, 0) is 29.8 Å². The molecular weight excluding hydrogens is 387 g/mol. The molecular formula is C23H21FN2O4. The van der Waals surface area contributed by atoms with Crippen LogP contribution in [-0.2, 0) is 4.74 Å². The van der Waals surface area contributed by atoms with Crippen molar-refractivity contribution in [2.45, 2.75) is 6.04 Å². The van der Waals surface area contributed by atoms with Crippen LogP contribution in [0.15, 0.2) is 57.7 Å². The molecule has 0 spiro atoms. The van der Waals surface area contributed by atoms with Crippen molar-refractivity contribution in [1.82, 2.24) is 9.80 Å². The fourth-order valence-corrected chi connectivity index (χ4v) is 4.29. The summed E-state index contributed by atoms with van der Waals surface area (Å²) in [6.45, 7) is 3.95. The molecule has 7 heteroatoms. The van der Waals surface area contributed by atoms with E-state index in [0.717, 1.165) is 13.1 Å². The maximum Gasteiger partial charge on any atom is 0.290 e. The van der Waals surface area contributed by atoms with Crippen molar-refractivity contribution in [3.8, 4) is 0 Å². The van der Waals surface area contributed by atoms with Gasteiger partial charge in [0.05, 0.1) is 30.2 Å². The van der Waals surface area contributed by atoms with E-state index in [1.165, 1.54) is 12.1 Å². The highest BCUT2D eigenvalue weighted by Gasteiger charge is 2.42. The van der Waals surface area contributed by atoms with Gasteiger partial charge in [-0.3, -0.25) is 14.5 Å². The second kappa shape index (κ2) is 7.66. The summed E-state index contributed by atoms with van der Waals surface area (Å²) in [6, 6.07) is 12.3. The predicted octanol–water partition coefficient (Wildman–Crippen LogP) is 2.81. The molecule has 3 heterocycles. The van der Waals surface area contributed by atoms with E-state index in [2.05, 4.69) is 4.90 Å². The number of morpholine rings is 1. The van der Waals surface area contributed by atoms with Crippen LogP contribution < -0.4 is 5.43 Å². The Morgan fingerprint density at radius 1 is 1.00 bits per heavy atom. The molecule has 2 aliphatic rings. The fourth-order valence-electron chi connectivity index (χ4n) is 4.29. The van der Waals surface area contributed by atoms with E-state index in [1.807, 2.05) is 0 Å². The van der Waals surface area contributed by atoms with Gasteiger partial charge in [0, 0.05) is 26.2 Å². The number of hydrogen-bond donors (Lipinski definition) is 0. The Kier molecular flexibility index (Phi) is 4.84.